The Kier molecular flexibility index (Phi) is 4.61. The molecule has 102 valence electrons. The van der Waals surface area contributed by atoms with Crippen LogP contribution in [0.3, 0.4) is 0 Å². The topological polar surface area (TPSA) is 55.1 Å². The molecule has 0 unspecified atom stereocenters. The molecule has 0 fully saturated rings. The van der Waals surface area contributed by atoms with Gasteiger partial charge in [0, 0.05) is 12.3 Å². The fraction of sp³-hybridized carbons (Fsp3) is 0.429. The minimum absolute atomic E-state index is 0.000241. The molecule has 1 N–H and O–H groups in total. The molecule has 0 spiro atoms. The van der Waals surface area contributed by atoms with Gasteiger partial charge in [-0.05, 0) is 18.1 Å². The van der Waals surface area contributed by atoms with E-state index in [1.165, 1.54) is 11.8 Å². The molecule has 0 aliphatic heterocycles. The highest BCUT2D eigenvalue weighted by atomic mass is 32.2. The lowest BCUT2D eigenvalue weighted by atomic mass is 10.2. The van der Waals surface area contributed by atoms with Gasteiger partial charge in [0.15, 0.2) is 5.16 Å². The Bertz CT molecular complexity index is 622. The number of hydrogen-bond donors (Lipinski definition) is 1. The Morgan fingerprint density at radius 2 is 2.11 bits per heavy atom. The maximum Gasteiger partial charge on any atom is 0.262 e. The normalized spacial score (nSPS) is 11.4. The van der Waals surface area contributed by atoms with Gasteiger partial charge >= 0.3 is 0 Å². The van der Waals surface area contributed by atoms with Crippen LogP contribution in [-0.2, 0) is 6.54 Å². The molecule has 1 heterocycles. The van der Waals surface area contributed by atoms with Crippen molar-refractivity contribution in [1.29, 1.82) is 0 Å². The van der Waals surface area contributed by atoms with Crippen molar-refractivity contribution in [3.8, 4) is 0 Å². The Labute approximate surface area is 116 Å². The summed E-state index contributed by atoms with van der Waals surface area (Å²) in [5.74, 6) is 0.914. The Morgan fingerprint density at radius 3 is 2.79 bits per heavy atom. The summed E-state index contributed by atoms with van der Waals surface area (Å²) in [7, 11) is 0. The van der Waals surface area contributed by atoms with E-state index in [9.17, 15) is 4.79 Å². The summed E-state index contributed by atoms with van der Waals surface area (Å²) in [6, 6.07) is 7.38. The lowest BCUT2D eigenvalue weighted by Gasteiger charge is -2.14. The van der Waals surface area contributed by atoms with Gasteiger partial charge in [-0.2, -0.15) is 0 Å². The number of rotatable bonds is 5. The third-order valence-corrected chi connectivity index (χ3v) is 3.65. The monoisotopic (exact) mass is 278 g/mol. The van der Waals surface area contributed by atoms with E-state index in [0.717, 1.165) is 0 Å². The fourth-order valence-corrected chi connectivity index (χ4v) is 2.67. The number of para-hydroxylation sites is 1. The first kappa shape index (κ1) is 14.1. The Morgan fingerprint density at radius 1 is 1.37 bits per heavy atom. The van der Waals surface area contributed by atoms with Crippen LogP contribution in [0.2, 0.25) is 0 Å². The average molecular weight is 278 g/mol. The third-order valence-electron chi connectivity index (χ3n) is 2.70. The maximum atomic E-state index is 12.5. The highest BCUT2D eigenvalue weighted by Gasteiger charge is 2.12. The van der Waals surface area contributed by atoms with E-state index >= 15 is 0 Å². The fourth-order valence-electron chi connectivity index (χ4n) is 1.92. The summed E-state index contributed by atoms with van der Waals surface area (Å²) in [5, 5.41) is 10.3. The van der Waals surface area contributed by atoms with Crippen molar-refractivity contribution in [3.63, 3.8) is 0 Å². The van der Waals surface area contributed by atoms with E-state index < -0.39 is 0 Å². The molecule has 2 aromatic rings. The summed E-state index contributed by atoms with van der Waals surface area (Å²) >= 11 is 1.42. The van der Waals surface area contributed by atoms with Gasteiger partial charge in [-0.25, -0.2) is 4.98 Å². The molecule has 0 amide bonds. The maximum absolute atomic E-state index is 12.5. The number of benzene rings is 1. The first-order chi connectivity index (χ1) is 9.13. The van der Waals surface area contributed by atoms with Crippen LogP contribution in [0.4, 0.5) is 0 Å². The lowest BCUT2D eigenvalue weighted by molar-refractivity contribution is 0.322. The van der Waals surface area contributed by atoms with Crippen LogP contribution in [0, 0.1) is 5.92 Å². The van der Waals surface area contributed by atoms with Crippen LogP contribution in [0.25, 0.3) is 10.9 Å². The van der Waals surface area contributed by atoms with Crippen molar-refractivity contribution in [2.75, 3.05) is 12.4 Å². The van der Waals surface area contributed by atoms with Gasteiger partial charge in [0.25, 0.3) is 5.56 Å². The van der Waals surface area contributed by atoms with Crippen molar-refractivity contribution in [2.24, 2.45) is 5.92 Å². The minimum atomic E-state index is -0.000241. The van der Waals surface area contributed by atoms with Crippen LogP contribution in [0.15, 0.2) is 34.2 Å². The number of nitrogens with zero attached hydrogens (tertiary/aromatic N) is 2. The first-order valence-electron chi connectivity index (χ1n) is 6.36. The number of fused-ring (bicyclic) bond motifs is 1. The molecule has 0 radical (unpaired) electrons. The molecule has 2 rings (SSSR count). The van der Waals surface area contributed by atoms with Crippen molar-refractivity contribution in [3.05, 3.63) is 34.6 Å². The second kappa shape index (κ2) is 6.21. The largest absolute Gasteiger partial charge is 0.396 e. The first-order valence-corrected chi connectivity index (χ1v) is 7.35. The quantitative estimate of drug-likeness (QED) is 0.672. The molecular weight excluding hydrogens is 260 g/mol. The smallest absolute Gasteiger partial charge is 0.262 e. The standard InChI is InChI=1S/C14H18N2O2S/c1-10(2)9-16-13(18)11-5-3-4-6-12(11)15-14(16)19-8-7-17/h3-6,10,17H,7-9H2,1-2H3. The molecular formula is C14H18N2O2S. The van der Waals surface area contributed by atoms with Crippen LogP contribution < -0.4 is 5.56 Å². The van der Waals surface area contributed by atoms with E-state index in [-0.39, 0.29) is 12.2 Å². The summed E-state index contributed by atoms with van der Waals surface area (Å²) in [6.45, 7) is 4.86. The van der Waals surface area contributed by atoms with E-state index in [1.54, 1.807) is 4.57 Å². The average Bonchev–Trinajstić information content (AvgIpc) is 2.40. The number of aromatic nitrogens is 2. The summed E-state index contributed by atoms with van der Waals surface area (Å²) in [4.78, 5) is 17.0. The SMILES string of the molecule is CC(C)Cn1c(SCCO)nc2ccccc2c1=O. The number of aliphatic hydroxyl groups is 1. The van der Waals surface area contributed by atoms with Gasteiger partial charge in [0.1, 0.15) is 0 Å². The van der Waals surface area contributed by atoms with Crippen molar-refractivity contribution in [1.82, 2.24) is 9.55 Å². The van der Waals surface area contributed by atoms with Crippen molar-refractivity contribution < 1.29 is 5.11 Å². The van der Waals surface area contributed by atoms with Crippen molar-refractivity contribution in [2.45, 2.75) is 25.5 Å². The highest BCUT2D eigenvalue weighted by molar-refractivity contribution is 7.99. The zero-order chi connectivity index (χ0) is 13.8. The molecule has 0 aliphatic carbocycles. The number of hydrogen-bond acceptors (Lipinski definition) is 4. The van der Waals surface area contributed by atoms with Gasteiger partial charge in [0.2, 0.25) is 0 Å². The van der Waals surface area contributed by atoms with Gasteiger partial charge in [-0.1, -0.05) is 37.7 Å². The molecule has 4 nitrogen and oxygen atoms in total. The van der Waals surface area contributed by atoms with Crippen LogP contribution in [0.5, 0.6) is 0 Å². The van der Waals surface area contributed by atoms with Gasteiger partial charge < -0.3 is 5.11 Å². The molecule has 1 aromatic heterocycles. The lowest BCUT2D eigenvalue weighted by Crippen LogP contribution is -2.25. The zero-order valence-corrected chi connectivity index (χ0v) is 12.0. The zero-order valence-electron chi connectivity index (χ0n) is 11.2. The van der Waals surface area contributed by atoms with E-state index in [0.29, 0.717) is 34.3 Å². The molecule has 5 heteroatoms. The molecule has 1 aromatic carbocycles. The van der Waals surface area contributed by atoms with Gasteiger partial charge in [0.05, 0.1) is 17.5 Å². The minimum Gasteiger partial charge on any atom is -0.396 e. The van der Waals surface area contributed by atoms with Gasteiger partial charge in [-0.3, -0.25) is 9.36 Å². The number of aliphatic hydroxyl groups excluding tert-OH is 1. The second-order valence-corrected chi connectivity index (χ2v) is 5.86. The molecule has 0 saturated carbocycles. The third kappa shape index (κ3) is 3.16. The number of thioether (sulfide) groups is 1. The molecule has 0 bridgehead atoms. The van der Waals surface area contributed by atoms with Crippen LogP contribution in [0.1, 0.15) is 13.8 Å². The summed E-state index contributed by atoms with van der Waals surface area (Å²) < 4.78 is 1.72. The molecule has 19 heavy (non-hydrogen) atoms. The molecule has 0 atom stereocenters. The molecule has 0 saturated heterocycles. The van der Waals surface area contributed by atoms with E-state index in [4.69, 9.17) is 5.11 Å². The van der Waals surface area contributed by atoms with Crippen molar-refractivity contribution >= 4 is 22.7 Å². The van der Waals surface area contributed by atoms with E-state index in [1.807, 2.05) is 24.3 Å². The highest BCUT2D eigenvalue weighted by Crippen LogP contribution is 2.18. The summed E-state index contributed by atoms with van der Waals surface area (Å²) in [6.07, 6.45) is 0. The predicted molar refractivity (Wildman–Crippen MR) is 78.7 cm³/mol. The van der Waals surface area contributed by atoms with Crippen LogP contribution >= 0.6 is 11.8 Å². The molecule has 0 aliphatic rings. The Balaban J connectivity index is 2.58. The van der Waals surface area contributed by atoms with Gasteiger partial charge in [-0.15, -0.1) is 0 Å². The Hall–Kier alpha value is -1.33. The van der Waals surface area contributed by atoms with E-state index in [2.05, 4.69) is 18.8 Å². The summed E-state index contributed by atoms with van der Waals surface area (Å²) in [5.41, 5.74) is 0.715. The predicted octanol–water partition coefficient (Wildman–Crippen LogP) is 2.14. The second-order valence-electron chi connectivity index (χ2n) is 4.79. The van der Waals surface area contributed by atoms with Crippen LogP contribution in [-0.4, -0.2) is 27.0 Å².